The number of nitrogens with zero attached hydrogens (tertiary/aromatic N) is 1. The maximum atomic E-state index is 12.2. The molecule has 0 fully saturated rings. The van der Waals surface area contributed by atoms with Crippen molar-refractivity contribution in [1.82, 2.24) is 15.3 Å². The molecule has 4 N–H and O–H groups in total. The average molecular weight is 360 g/mol. The molecule has 7 nitrogen and oxygen atoms in total. The lowest BCUT2D eigenvalue weighted by Gasteiger charge is -2.10. The summed E-state index contributed by atoms with van der Waals surface area (Å²) in [5, 5.41) is 9.82. The highest BCUT2D eigenvalue weighted by Crippen LogP contribution is 2.25. The SMILES string of the molecule is CCNC(=O)Nc1cc2cccc(NC(=O)c3ccc[nH]3)c2cn1.Cl. The highest BCUT2D eigenvalue weighted by atomic mass is 35.5. The van der Waals surface area contributed by atoms with Gasteiger partial charge in [0, 0.05) is 24.3 Å². The number of fused-ring (bicyclic) bond motifs is 1. The Morgan fingerprint density at radius 3 is 2.72 bits per heavy atom. The van der Waals surface area contributed by atoms with E-state index in [0.29, 0.717) is 23.7 Å². The fourth-order valence-corrected chi connectivity index (χ4v) is 2.33. The van der Waals surface area contributed by atoms with Gasteiger partial charge >= 0.3 is 6.03 Å². The van der Waals surface area contributed by atoms with Gasteiger partial charge < -0.3 is 15.6 Å². The number of amides is 3. The smallest absolute Gasteiger partial charge is 0.320 e. The molecule has 0 bridgehead atoms. The Hall–Kier alpha value is -3.06. The van der Waals surface area contributed by atoms with Crippen molar-refractivity contribution in [3.05, 3.63) is 54.5 Å². The summed E-state index contributed by atoms with van der Waals surface area (Å²) in [6.07, 6.45) is 3.32. The average Bonchev–Trinajstić information content (AvgIpc) is 3.09. The molecule has 0 aliphatic carbocycles. The van der Waals surface area contributed by atoms with Crippen molar-refractivity contribution in [3.8, 4) is 0 Å². The van der Waals surface area contributed by atoms with Crippen molar-refractivity contribution in [2.75, 3.05) is 17.2 Å². The Kier molecular flexibility index (Phi) is 5.97. The molecule has 0 atom stereocenters. The van der Waals surface area contributed by atoms with Crippen molar-refractivity contribution in [1.29, 1.82) is 0 Å². The first kappa shape index (κ1) is 18.3. The maximum absolute atomic E-state index is 12.2. The second kappa shape index (κ2) is 8.16. The van der Waals surface area contributed by atoms with Crippen LogP contribution < -0.4 is 16.0 Å². The highest BCUT2D eigenvalue weighted by molar-refractivity contribution is 6.08. The normalized spacial score (nSPS) is 9.96. The molecule has 0 aliphatic heterocycles. The number of carbonyl (C=O) groups excluding carboxylic acids is 2. The Morgan fingerprint density at radius 2 is 2.00 bits per heavy atom. The summed E-state index contributed by atoms with van der Waals surface area (Å²) in [4.78, 5) is 30.8. The van der Waals surface area contributed by atoms with Crippen LogP contribution in [-0.4, -0.2) is 28.5 Å². The predicted octanol–water partition coefficient (Wildman–Crippen LogP) is 3.38. The summed E-state index contributed by atoms with van der Waals surface area (Å²) in [5.74, 6) is 0.221. The van der Waals surface area contributed by atoms with E-state index in [1.54, 1.807) is 30.6 Å². The Bertz CT molecular complexity index is 880. The number of hydrogen-bond donors (Lipinski definition) is 4. The number of anilines is 2. The Labute approximate surface area is 150 Å². The summed E-state index contributed by atoms with van der Waals surface area (Å²) in [6.45, 7) is 2.38. The molecule has 3 rings (SSSR count). The van der Waals surface area contributed by atoms with Gasteiger partial charge in [-0.3, -0.25) is 10.1 Å². The molecule has 0 aliphatic rings. The van der Waals surface area contributed by atoms with Gasteiger partial charge in [0.05, 0.1) is 5.69 Å². The number of urea groups is 1. The number of aromatic nitrogens is 2. The number of aromatic amines is 1. The zero-order chi connectivity index (χ0) is 16.9. The third-order valence-corrected chi connectivity index (χ3v) is 3.43. The minimum absolute atomic E-state index is 0. The van der Waals surface area contributed by atoms with E-state index < -0.39 is 0 Å². The monoisotopic (exact) mass is 359 g/mol. The van der Waals surface area contributed by atoms with Crippen LogP contribution in [0, 0.1) is 0 Å². The lowest BCUT2D eigenvalue weighted by atomic mass is 10.1. The topological polar surface area (TPSA) is 98.9 Å². The van der Waals surface area contributed by atoms with E-state index in [2.05, 4.69) is 25.9 Å². The van der Waals surface area contributed by atoms with E-state index in [1.807, 2.05) is 25.1 Å². The molecule has 0 unspecified atom stereocenters. The number of pyridine rings is 1. The molecule has 0 radical (unpaired) electrons. The van der Waals surface area contributed by atoms with Crippen LogP contribution in [0.5, 0.6) is 0 Å². The fourth-order valence-electron chi connectivity index (χ4n) is 2.33. The Morgan fingerprint density at radius 1 is 1.16 bits per heavy atom. The van der Waals surface area contributed by atoms with E-state index in [0.717, 1.165) is 10.8 Å². The first-order chi connectivity index (χ1) is 11.7. The lowest BCUT2D eigenvalue weighted by molar-refractivity contribution is 0.102. The van der Waals surface area contributed by atoms with Crippen LogP contribution in [0.1, 0.15) is 17.4 Å². The molecule has 8 heteroatoms. The van der Waals surface area contributed by atoms with Crippen LogP contribution in [0.3, 0.4) is 0 Å². The zero-order valence-electron chi connectivity index (χ0n) is 13.5. The number of H-pyrrole nitrogens is 1. The van der Waals surface area contributed by atoms with Gasteiger partial charge in [-0.2, -0.15) is 0 Å². The van der Waals surface area contributed by atoms with E-state index in [1.165, 1.54) is 0 Å². The summed E-state index contributed by atoms with van der Waals surface area (Å²) >= 11 is 0. The molecule has 2 aromatic heterocycles. The van der Waals surface area contributed by atoms with Gasteiger partial charge in [0.15, 0.2) is 0 Å². The van der Waals surface area contributed by atoms with Crippen LogP contribution in [0.4, 0.5) is 16.3 Å². The molecular weight excluding hydrogens is 342 g/mol. The van der Waals surface area contributed by atoms with Gasteiger partial charge in [-0.15, -0.1) is 12.4 Å². The molecule has 1 aromatic carbocycles. The number of carbonyl (C=O) groups is 2. The van der Waals surface area contributed by atoms with Gasteiger partial charge in [-0.1, -0.05) is 12.1 Å². The van der Waals surface area contributed by atoms with Crippen LogP contribution >= 0.6 is 12.4 Å². The van der Waals surface area contributed by atoms with Crippen LogP contribution in [-0.2, 0) is 0 Å². The number of rotatable bonds is 4. The molecular formula is C17H18ClN5O2. The van der Waals surface area contributed by atoms with E-state index >= 15 is 0 Å². The predicted molar refractivity (Wildman–Crippen MR) is 100 cm³/mol. The Balaban J connectivity index is 0.00000225. The highest BCUT2D eigenvalue weighted by Gasteiger charge is 2.10. The van der Waals surface area contributed by atoms with Crippen molar-refractivity contribution in [2.24, 2.45) is 0 Å². The first-order valence-corrected chi connectivity index (χ1v) is 7.55. The fraction of sp³-hybridized carbons (Fsp3) is 0.118. The molecule has 0 spiro atoms. The lowest BCUT2D eigenvalue weighted by Crippen LogP contribution is -2.28. The van der Waals surface area contributed by atoms with Gasteiger partial charge in [-0.25, -0.2) is 9.78 Å². The summed E-state index contributed by atoms with van der Waals surface area (Å²) in [5.41, 5.74) is 1.14. The molecule has 130 valence electrons. The minimum Gasteiger partial charge on any atom is -0.357 e. The second-order valence-corrected chi connectivity index (χ2v) is 5.12. The van der Waals surface area contributed by atoms with Gasteiger partial charge in [0.2, 0.25) is 0 Å². The maximum Gasteiger partial charge on any atom is 0.320 e. The summed E-state index contributed by atoms with van der Waals surface area (Å²) in [7, 11) is 0. The number of hydrogen-bond acceptors (Lipinski definition) is 3. The van der Waals surface area contributed by atoms with Gasteiger partial charge in [0.25, 0.3) is 5.91 Å². The third-order valence-electron chi connectivity index (χ3n) is 3.43. The van der Waals surface area contributed by atoms with Crippen molar-refractivity contribution < 1.29 is 9.59 Å². The summed E-state index contributed by atoms with van der Waals surface area (Å²) < 4.78 is 0. The standard InChI is InChI=1S/C17H17N5O2.ClH/c1-2-18-17(24)22-15-9-11-5-3-6-13(12(11)10-20-15)21-16(23)14-7-4-8-19-14;/h3-10,19H,2H2,1H3,(H,21,23)(H2,18,20,22,24);1H. The molecule has 0 saturated carbocycles. The zero-order valence-corrected chi connectivity index (χ0v) is 14.3. The van der Waals surface area contributed by atoms with Crippen LogP contribution in [0.15, 0.2) is 48.8 Å². The number of benzene rings is 1. The van der Waals surface area contributed by atoms with Crippen molar-refractivity contribution in [2.45, 2.75) is 6.92 Å². The van der Waals surface area contributed by atoms with Crippen LogP contribution in [0.2, 0.25) is 0 Å². The molecule has 0 saturated heterocycles. The van der Waals surface area contributed by atoms with Gasteiger partial charge in [0.1, 0.15) is 11.5 Å². The van der Waals surface area contributed by atoms with E-state index in [4.69, 9.17) is 0 Å². The minimum atomic E-state index is -0.305. The van der Waals surface area contributed by atoms with E-state index in [-0.39, 0.29) is 24.3 Å². The quantitative estimate of drug-likeness (QED) is 0.574. The molecule has 25 heavy (non-hydrogen) atoms. The largest absolute Gasteiger partial charge is 0.357 e. The van der Waals surface area contributed by atoms with Crippen molar-refractivity contribution >= 4 is 46.6 Å². The number of nitrogens with one attached hydrogen (secondary N) is 4. The van der Waals surface area contributed by atoms with Gasteiger partial charge in [-0.05, 0) is 36.6 Å². The first-order valence-electron chi connectivity index (χ1n) is 7.55. The number of halogens is 1. The van der Waals surface area contributed by atoms with E-state index in [9.17, 15) is 9.59 Å². The van der Waals surface area contributed by atoms with Crippen molar-refractivity contribution in [3.63, 3.8) is 0 Å². The molecule has 3 aromatic rings. The molecule has 2 heterocycles. The third kappa shape index (κ3) is 4.27. The second-order valence-electron chi connectivity index (χ2n) is 5.12. The summed E-state index contributed by atoms with van der Waals surface area (Å²) in [6, 6.07) is 10.5. The molecule has 3 amide bonds. The van der Waals surface area contributed by atoms with Crippen LogP contribution in [0.25, 0.3) is 10.8 Å².